The Labute approximate surface area is 104 Å². The number of thioether (sulfide) groups is 1. The molecule has 2 saturated heterocycles. The van der Waals surface area contributed by atoms with E-state index in [9.17, 15) is 0 Å². The molecule has 2 aliphatic rings. The van der Waals surface area contributed by atoms with Crippen molar-refractivity contribution < 1.29 is 0 Å². The minimum Gasteiger partial charge on any atom is -0.329 e. The molecule has 16 heavy (non-hydrogen) atoms. The van der Waals surface area contributed by atoms with E-state index < -0.39 is 0 Å². The zero-order chi connectivity index (χ0) is 11.6. The number of nitrogens with two attached hydrogens (primary N) is 1. The first-order chi connectivity index (χ1) is 7.68. The Balaban J connectivity index is 2.05. The highest BCUT2D eigenvalue weighted by Crippen LogP contribution is 2.37. The van der Waals surface area contributed by atoms with Gasteiger partial charge in [0.15, 0.2) is 0 Å². The summed E-state index contributed by atoms with van der Waals surface area (Å²) in [6.07, 6.45) is 3.99. The van der Waals surface area contributed by atoms with Crippen molar-refractivity contribution in [2.75, 3.05) is 45.2 Å². The SMILES string of the molecule is CN(C)CC1CCCN1C1(CN)CCSC1. The third kappa shape index (κ3) is 2.40. The van der Waals surface area contributed by atoms with Crippen molar-refractivity contribution in [3.05, 3.63) is 0 Å². The quantitative estimate of drug-likeness (QED) is 0.793. The van der Waals surface area contributed by atoms with E-state index in [0.29, 0.717) is 5.54 Å². The highest BCUT2D eigenvalue weighted by atomic mass is 32.2. The van der Waals surface area contributed by atoms with Crippen LogP contribution < -0.4 is 5.73 Å². The maximum absolute atomic E-state index is 6.07. The first-order valence-corrected chi connectivity index (χ1v) is 7.53. The number of likely N-dealkylation sites (tertiary alicyclic amines) is 1. The fraction of sp³-hybridized carbons (Fsp3) is 1.00. The zero-order valence-corrected chi connectivity index (χ0v) is 11.4. The molecule has 2 N–H and O–H groups in total. The fourth-order valence-electron chi connectivity index (χ4n) is 3.17. The summed E-state index contributed by atoms with van der Waals surface area (Å²) in [5.41, 5.74) is 6.39. The van der Waals surface area contributed by atoms with Crippen molar-refractivity contribution in [2.24, 2.45) is 5.73 Å². The second-order valence-corrected chi connectivity index (χ2v) is 6.59. The van der Waals surface area contributed by atoms with Gasteiger partial charge in [-0.05, 0) is 45.7 Å². The van der Waals surface area contributed by atoms with Gasteiger partial charge in [0.05, 0.1) is 0 Å². The molecule has 2 aliphatic heterocycles. The molecule has 3 nitrogen and oxygen atoms in total. The molecule has 0 spiro atoms. The van der Waals surface area contributed by atoms with E-state index in [1.807, 2.05) is 0 Å². The smallest absolute Gasteiger partial charge is 0.0433 e. The first kappa shape index (κ1) is 12.7. The van der Waals surface area contributed by atoms with Crippen molar-refractivity contribution in [3.8, 4) is 0 Å². The van der Waals surface area contributed by atoms with Gasteiger partial charge < -0.3 is 10.6 Å². The Morgan fingerprint density at radius 1 is 1.50 bits per heavy atom. The largest absolute Gasteiger partial charge is 0.329 e. The molecule has 94 valence electrons. The number of nitrogens with zero attached hydrogens (tertiary/aromatic N) is 2. The molecule has 0 bridgehead atoms. The monoisotopic (exact) mass is 243 g/mol. The van der Waals surface area contributed by atoms with Gasteiger partial charge in [-0.25, -0.2) is 0 Å². The predicted octanol–water partition coefficient (Wildman–Crippen LogP) is 0.847. The van der Waals surface area contributed by atoms with Crippen LogP contribution in [0.3, 0.4) is 0 Å². The van der Waals surface area contributed by atoms with Crippen LogP contribution in [0, 0.1) is 0 Å². The Hall–Kier alpha value is 0.230. The maximum Gasteiger partial charge on any atom is 0.0433 e. The summed E-state index contributed by atoms with van der Waals surface area (Å²) in [5, 5.41) is 0. The highest BCUT2D eigenvalue weighted by molar-refractivity contribution is 7.99. The van der Waals surface area contributed by atoms with Crippen molar-refractivity contribution in [3.63, 3.8) is 0 Å². The number of hydrogen-bond donors (Lipinski definition) is 1. The minimum atomic E-state index is 0.321. The van der Waals surface area contributed by atoms with Gasteiger partial charge in [-0.15, -0.1) is 0 Å². The molecule has 2 rings (SSSR count). The van der Waals surface area contributed by atoms with Gasteiger partial charge in [-0.1, -0.05) is 0 Å². The van der Waals surface area contributed by atoms with E-state index in [0.717, 1.165) is 12.6 Å². The molecule has 0 aromatic rings. The lowest BCUT2D eigenvalue weighted by Gasteiger charge is -2.42. The molecule has 4 heteroatoms. The van der Waals surface area contributed by atoms with Crippen LogP contribution in [0.15, 0.2) is 0 Å². The van der Waals surface area contributed by atoms with Crippen LogP contribution in [0.5, 0.6) is 0 Å². The summed E-state index contributed by atoms with van der Waals surface area (Å²) in [6, 6.07) is 0.734. The van der Waals surface area contributed by atoms with E-state index in [1.165, 1.54) is 43.9 Å². The number of rotatable bonds is 4. The molecule has 0 amide bonds. The minimum absolute atomic E-state index is 0.321. The molecule has 0 saturated carbocycles. The van der Waals surface area contributed by atoms with Gasteiger partial charge in [0.1, 0.15) is 0 Å². The third-order valence-corrected chi connectivity index (χ3v) is 5.26. The van der Waals surface area contributed by atoms with Gasteiger partial charge in [-0.3, -0.25) is 4.90 Å². The first-order valence-electron chi connectivity index (χ1n) is 6.37. The highest BCUT2D eigenvalue weighted by Gasteiger charge is 2.43. The molecule has 2 unspecified atom stereocenters. The van der Waals surface area contributed by atoms with Crippen LogP contribution in [0.4, 0.5) is 0 Å². The van der Waals surface area contributed by atoms with Crippen LogP contribution in [-0.4, -0.2) is 66.6 Å². The van der Waals surface area contributed by atoms with Gasteiger partial charge in [0, 0.05) is 30.4 Å². The lowest BCUT2D eigenvalue weighted by Crippen LogP contribution is -2.57. The van der Waals surface area contributed by atoms with Crippen molar-refractivity contribution >= 4 is 11.8 Å². The summed E-state index contributed by atoms with van der Waals surface area (Å²) in [5.74, 6) is 2.54. The molecular weight excluding hydrogens is 218 g/mol. The second-order valence-electron chi connectivity index (χ2n) is 5.48. The number of likely N-dealkylation sites (N-methyl/N-ethyl adjacent to an activating group) is 1. The van der Waals surface area contributed by atoms with Crippen LogP contribution in [-0.2, 0) is 0 Å². The molecule has 0 aromatic carbocycles. The topological polar surface area (TPSA) is 32.5 Å². The number of hydrogen-bond acceptors (Lipinski definition) is 4. The molecular formula is C12H25N3S. The standard InChI is InChI=1S/C12H25N3S/c1-14(2)8-11-4-3-6-15(11)12(9-13)5-7-16-10-12/h11H,3-10,13H2,1-2H3. The summed E-state index contributed by atoms with van der Waals surface area (Å²) >= 11 is 2.08. The van der Waals surface area contributed by atoms with Gasteiger partial charge in [0.2, 0.25) is 0 Å². The Kier molecular flexibility index (Phi) is 4.16. The van der Waals surface area contributed by atoms with Gasteiger partial charge in [0.25, 0.3) is 0 Å². The van der Waals surface area contributed by atoms with E-state index in [-0.39, 0.29) is 0 Å². The molecule has 0 radical (unpaired) electrons. The molecule has 0 aromatic heterocycles. The van der Waals surface area contributed by atoms with Crippen molar-refractivity contribution in [1.29, 1.82) is 0 Å². The van der Waals surface area contributed by atoms with E-state index in [4.69, 9.17) is 5.73 Å². The third-order valence-electron chi connectivity index (χ3n) is 4.02. The molecule has 2 fully saturated rings. The van der Waals surface area contributed by atoms with E-state index >= 15 is 0 Å². The lowest BCUT2D eigenvalue weighted by molar-refractivity contribution is 0.0871. The van der Waals surface area contributed by atoms with Crippen molar-refractivity contribution in [1.82, 2.24) is 9.80 Å². The Morgan fingerprint density at radius 2 is 2.31 bits per heavy atom. The van der Waals surface area contributed by atoms with Crippen molar-refractivity contribution in [2.45, 2.75) is 30.8 Å². The summed E-state index contributed by atoms with van der Waals surface area (Å²) in [4.78, 5) is 5.04. The van der Waals surface area contributed by atoms with Gasteiger partial charge >= 0.3 is 0 Å². The summed E-state index contributed by atoms with van der Waals surface area (Å²) in [7, 11) is 4.35. The second kappa shape index (κ2) is 5.25. The normalized spacial score (nSPS) is 36.4. The lowest BCUT2D eigenvalue weighted by atomic mass is 9.95. The summed E-state index contributed by atoms with van der Waals surface area (Å²) in [6.45, 7) is 3.28. The predicted molar refractivity (Wildman–Crippen MR) is 72.0 cm³/mol. The van der Waals surface area contributed by atoms with Crippen LogP contribution >= 0.6 is 11.8 Å². The Bertz CT molecular complexity index is 226. The summed E-state index contributed by atoms with van der Waals surface area (Å²) < 4.78 is 0. The van der Waals surface area contributed by atoms with E-state index in [1.54, 1.807) is 0 Å². The average molecular weight is 243 g/mol. The van der Waals surface area contributed by atoms with Crippen LogP contribution in [0.1, 0.15) is 19.3 Å². The molecule has 2 atom stereocenters. The van der Waals surface area contributed by atoms with Crippen LogP contribution in [0.25, 0.3) is 0 Å². The van der Waals surface area contributed by atoms with E-state index in [2.05, 4.69) is 35.7 Å². The molecule has 2 heterocycles. The van der Waals surface area contributed by atoms with Gasteiger partial charge in [-0.2, -0.15) is 11.8 Å². The Morgan fingerprint density at radius 3 is 2.88 bits per heavy atom. The fourth-order valence-corrected chi connectivity index (χ4v) is 4.65. The zero-order valence-electron chi connectivity index (χ0n) is 10.6. The maximum atomic E-state index is 6.07. The van der Waals surface area contributed by atoms with Crippen LogP contribution in [0.2, 0.25) is 0 Å². The molecule has 0 aliphatic carbocycles. The average Bonchev–Trinajstić information content (AvgIpc) is 2.85.